The summed E-state index contributed by atoms with van der Waals surface area (Å²) in [7, 11) is 1.65. The van der Waals surface area contributed by atoms with Crippen molar-refractivity contribution in [2.75, 3.05) is 26.8 Å². The van der Waals surface area contributed by atoms with Gasteiger partial charge < -0.3 is 14.7 Å². The van der Waals surface area contributed by atoms with Crippen molar-refractivity contribution in [1.82, 2.24) is 4.90 Å². The third-order valence-electron chi connectivity index (χ3n) is 7.30. The van der Waals surface area contributed by atoms with Crippen LogP contribution >= 0.6 is 0 Å². The molecule has 34 heavy (non-hydrogen) atoms. The van der Waals surface area contributed by atoms with E-state index in [4.69, 9.17) is 9.57 Å². The van der Waals surface area contributed by atoms with E-state index in [-0.39, 0.29) is 24.8 Å². The van der Waals surface area contributed by atoms with E-state index in [0.717, 1.165) is 53.7 Å². The topological polar surface area (TPSA) is 54.3 Å². The van der Waals surface area contributed by atoms with E-state index in [1.807, 2.05) is 37.3 Å². The molecule has 5 nitrogen and oxygen atoms in total. The second kappa shape index (κ2) is 10.1. The first-order valence-corrected chi connectivity index (χ1v) is 12.1. The van der Waals surface area contributed by atoms with Crippen molar-refractivity contribution < 1.29 is 27.9 Å². The maximum atomic E-state index is 13.2. The highest BCUT2D eigenvalue weighted by Gasteiger charge is 2.55. The number of aliphatic hydroxyl groups is 1. The smallest absolute Gasteiger partial charge is 0.417 e. The molecule has 0 bridgehead atoms. The number of benzene rings is 2. The van der Waals surface area contributed by atoms with Crippen LogP contribution < -0.4 is 4.74 Å². The lowest BCUT2D eigenvalue weighted by Crippen LogP contribution is -2.53. The van der Waals surface area contributed by atoms with Crippen LogP contribution in [0.2, 0.25) is 0 Å². The third-order valence-corrected chi connectivity index (χ3v) is 7.30. The molecule has 8 heteroatoms. The lowest BCUT2D eigenvalue weighted by Gasteiger charge is -2.44. The zero-order valence-electron chi connectivity index (χ0n) is 19.8. The molecular weight excluding hydrogens is 445 g/mol. The molecule has 0 aromatic heterocycles. The first-order valence-electron chi connectivity index (χ1n) is 12.1. The first kappa shape index (κ1) is 24.8. The molecule has 1 unspecified atom stereocenters. The van der Waals surface area contributed by atoms with Crippen molar-refractivity contribution in [3.63, 3.8) is 0 Å². The molecule has 1 saturated carbocycles. The number of halogens is 3. The number of alkyl halides is 3. The number of oxime groups is 1. The number of rotatable bonds is 6. The molecule has 1 atom stereocenters. The maximum absolute atomic E-state index is 13.2. The van der Waals surface area contributed by atoms with Gasteiger partial charge in [0.2, 0.25) is 0 Å². The van der Waals surface area contributed by atoms with Gasteiger partial charge in [0.05, 0.1) is 12.8 Å². The fraction of sp³-hybridized carbons (Fsp3) is 0.577. The van der Waals surface area contributed by atoms with Crippen LogP contribution in [0.1, 0.15) is 51.0 Å². The van der Waals surface area contributed by atoms with Gasteiger partial charge in [0.25, 0.3) is 0 Å². The van der Waals surface area contributed by atoms with Crippen LogP contribution in [0, 0.1) is 5.92 Å². The summed E-state index contributed by atoms with van der Waals surface area (Å²) >= 11 is 0. The van der Waals surface area contributed by atoms with Crippen LogP contribution in [0.4, 0.5) is 13.2 Å². The largest absolute Gasteiger partial charge is 0.497 e. The molecule has 4 rings (SSSR count). The zero-order chi connectivity index (χ0) is 24.3. The number of likely N-dealkylation sites (tertiary alicyclic amines) is 1. The summed E-state index contributed by atoms with van der Waals surface area (Å²) in [5.74, 6) is 0.927. The molecule has 1 saturated heterocycles. The molecule has 0 spiro atoms. The molecular formula is C26H33F3N2O3. The predicted molar refractivity (Wildman–Crippen MR) is 126 cm³/mol. The first-order chi connectivity index (χ1) is 16.2. The van der Waals surface area contributed by atoms with Crippen LogP contribution in [0.15, 0.2) is 41.6 Å². The quantitative estimate of drug-likeness (QED) is 0.438. The van der Waals surface area contributed by atoms with E-state index >= 15 is 0 Å². The molecule has 1 N–H and O–H groups in total. The van der Waals surface area contributed by atoms with Gasteiger partial charge in [-0.15, -0.1) is 0 Å². The number of hydrogen-bond acceptors (Lipinski definition) is 5. The molecule has 1 heterocycles. The summed E-state index contributed by atoms with van der Waals surface area (Å²) < 4.78 is 45.0. The number of fused-ring (bicyclic) bond motifs is 1. The standard InChI is InChI=1S/C26H33F3N2O3/c1-3-34-30-24(20-7-6-19-16-23(33-2)9-8-18(19)15-20)21-5-4-14-31(17-21)22-10-12-25(32,13-11-22)26(27,28)29/h6-9,15-16,21-22,32H,3-5,10-14,17H2,1-2H3/b30-24-. The van der Waals surface area contributed by atoms with Crippen LogP contribution in [0.25, 0.3) is 10.8 Å². The fourth-order valence-corrected chi connectivity index (χ4v) is 5.30. The zero-order valence-corrected chi connectivity index (χ0v) is 19.8. The van der Waals surface area contributed by atoms with Gasteiger partial charge in [0.15, 0.2) is 5.60 Å². The molecule has 2 aromatic carbocycles. The van der Waals surface area contributed by atoms with Crippen LogP contribution in [0.3, 0.4) is 0 Å². The Kier molecular flexibility index (Phi) is 7.38. The summed E-state index contributed by atoms with van der Waals surface area (Å²) in [6, 6.07) is 12.2. The van der Waals surface area contributed by atoms with Gasteiger partial charge in [0.1, 0.15) is 12.4 Å². The number of hydrogen-bond donors (Lipinski definition) is 1. The van der Waals surface area contributed by atoms with Crippen molar-refractivity contribution in [1.29, 1.82) is 0 Å². The average Bonchev–Trinajstić information content (AvgIpc) is 2.84. The Morgan fingerprint density at radius 2 is 1.82 bits per heavy atom. The van der Waals surface area contributed by atoms with Crippen LogP contribution in [0.5, 0.6) is 5.75 Å². The van der Waals surface area contributed by atoms with E-state index in [0.29, 0.717) is 19.4 Å². The summed E-state index contributed by atoms with van der Waals surface area (Å²) in [5, 5.41) is 16.7. The second-order valence-electron chi connectivity index (χ2n) is 9.42. The van der Waals surface area contributed by atoms with Crippen molar-refractivity contribution in [2.45, 2.75) is 63.3 Å². The average molecular weight is 479 g/mol. The Bertz CT molecular complexity index is 1020. The summed E-state index contributed by atoms with van der Waals surface area (Å²) in [4.78, 5) is 7.78. The van der Waals surface area contributed by atoms with Crippen molar-refractivity contribution in [3.05, 3.63) is 42.0 Å². The van der Waals surface area contributed by atoms with E-state index in [1.54, 1.807) is 7.11 Å². The minimum Gasteiger partial charge on any atom is -0.497 e. The monoisotopic (exact) mass is 478 g/mol. The number of piperidine rings is 1. The third kappa shape index (κ3) is 5.18. The summed E-state index contributed by atoms with van der Waals surface area (Å²) in [6.07, 6.45) is -2.47. The van der Waals surface area contributed by atoms with E-state index < -0.39 is 11.8 Å². The lowest BCUT2D eigenvalue weighted by molar-refractivity contribution is -0.272. The molecule has 0 amide bonds. The number of methoxy groups -OCH3 is 1. The Morgan fingerprint density at radius 3 is 2.50 bits per heavy atom. The van der Waals surface area contributed by atoms with E-state index in [1.165, 1.54) is 0 Å². The molecule has 1 aliphatic heterocycles. The molecule has 1 aliphatic carbocycles. The van der Waals surface area contributed by atoms with Crippen molar-refractivity contribution in [2.24, 2.45) is 11.1 Å². The van der Waals surface area contributed by atoms with Gasteiger partial charge in [0, 0.05) is 24.1 Å². The summed E-state index contributed by atoms with van der Waals surface area (Å²) in [5.41, 5.74) is -0.673. The molecule has 0 radical (unpaired) electrons. The fourth-order valence-electron chi connectivity index (χ4n) is 5.30. The Balaban J connectivity index is 1.52. The summed E-state index contributed by atoms with van der Waals surface area (Å²) in [6.45, 7) is 3.93. The van der Waals surface area contributed by atoms with Crippen molar-refractivity contribution in [3.8, 4) is 5.75 Å². The highest BCUT2D eigenvalue weighted by Crippen LogP contribution is 2.43. The SMILES string of the molecule is CCO/N=C(/c1ccc2cc(OC)ccc2c1)C1CCCN(C2CCC(O)(C(F)(F)F)CC2)C1. The minimum absolute atomic E-state index is 0.0443. The Morgan fingerprint density at radius 1 is 1.12 bits per heavy atom. The van der Waals surface area contributed by atoms with Crippen molar-refractivity contribution >= 4 is 16.5 Å². The van der Waals surface area contributed by atoms with Crippen LogP contribution in [-0.2, 0) is 4.84 Å². The number of ether oxygens (including phenoxy) is 1. The normalized spacial score (nSPS) is 27.1. The minimum atomic E-state index is -4.57. The van der Waals surface area contributed by atoms with Gasteiger partial charge >= 0.3 is 6.18 Å². The number of nitrogens with zero attached hydrogens (tertiary/aromatic N) is 2. The van der Waals surface area contributed by atoms with Gasteiger partial charge in [-0.2, -0.15) is 13.2 Å². The highest BCUT2D eigenvalue weighted by atomic mass is 19.4. The predicted octanol–water partition coefficient (Wildman–Crippen LogP) is 5.54. The van der Waals surface area contributed by atoms with Gasteiger partial charge in [-0.25, -0.2) is 0 Å². The van der Waals surface area contributed by atoms with E-state index in [9.17, 15) is 18.3 Å². The molecule has 2 aromatic rings. The van der Waals surface area contributed by atoms with E-state index in [2.05, 4.69) is 16.1 Å². The Labute approximate surface area is 198 Å². The van der Waals surface area contributed by atoms with Gasteiger partial charge in [-0.1, -0.05) is 23.4 Å². The lowest BCUT2D eigenvalue weighted by atomic mass is 9.79. The maximum Gasteiger partial charge on any atom is 0.417 e. The van der Waals surface area contributed by atoms with Crippen LogP contribution in [-0.4, -0.2) is 60.3 Å². The molecule has 2 fully saturated rings. The highest BCUT2D eigenvalue weighted by molar-refractivity contribution is 6.04. The van der Waals surface area contributed by atoms with Gasteiger partial charge in [-0.3, -0.25) is 4.90 Å². The Hall–Kier alpha value is -2.32. The second-order valence-corrected chi connectivity index (χ2v) is 9.42. The molecule has 186 valence electrons. The molecule has 2 aliphatic rings. The van der Waals surface area contributed by atoms with Gasteiger partial charge in [-0.05, 0) is 81.0 Å².